The quantitative estimate of drug-likeness (QED) is 0.733. The van der Waals surface area contributed by atoms with Crippen LogP contribution in [0.3, 0.4) is 0 Å². The van der Waals surface area contributed by atoms with Gasteiger partial charge in [-0.3, -0.25) is 0 Å². The van der Waals surface area contributed by atoms with Crippen molar-refractivity contribution >= 4 is 5.82 Å². The SMILES string of the molecule is OC[C@@H]1C[C@H]1Nc1ncccc1F. The molecule has 1 aromatic heterocycles. The van der Waals surface area contributed by atoms with E-state index in [0.29, 0.717) is 0 Å². The molecule has 0 saturated heterocycles. The maximum Gasteiger partial charge on any atom is 0.165 e. The summed E-state index contributed by atoms with van der Waals surface area (Å²) < 4.78 is 13.0. The van der Waals surface area contributed by atoms with E-state index in [0.717, 1.165) is 6.42 Å². The largest absolute Gasteiger partial charge is 0.396 e. The van der Waals surface area contributed by atoms with E-state index in [1.54, 1.807) is 12.3 Å². The van der Waals surface area contributed by atoms with E-state index in [-0.39, 0.29) is 30.2 Å². The molecule has 1 fully saturated rings. The third kappa shape index (κ3) is 1.78. The molecule has 0 unspecified atom stereocenters. The number of hydrogen-bond donors (Lipinski definition) is 2. The number of nitrogens with one attached hydrogen (secondary N) is 1. The lowest BCUT2D eigenvalue weighted by atomic mass is 10.4. The number of aromatic nitrogens is 1. The molecule has 1 aliphatic carbocycles. The predicted molar refractivity (Wildman–Crippen MR) is 46.8 cm³/mol. The summed E-state index contributed by atoms with van der Waals surface area (Å²) in [4.78, 5) is 3.86. The van der Waals surface area contributed by atoms with Gasteiger partial charge in [0.25, 0.3) is 0 Å². The van der Waals surface area contributed by atoms with Crippen molar-refractivity contribution in [3.05, 3.63) is 24.1 Å². The summed E-state index contributed by atoms with van der Waals surface area (Å²) >= 11 is 0. The maximum absolute atomic E-state index is 13.0. The highest BCUT2D eigenvalue weighted by Gasteiger charge is 2.36. The van der Waals surface area contributed by atoms with Gasteiger partial charge in [0.1, 0.15) is 0 Å². The van der Waals surface area contributed by atoms with E-state index >= 15 is 0 Å². The van der Waals surface area contributed by atoms with Crippen molar-refractivity contribution in [2.45, 2.75) is 12.5 Å². The fraction of sp³-hybridized carbons (Fsp3) is 0.444. The third-order valence-corrected chi connectivity index (χ3v) is 2.24. The molecule has 2 atom stereocenters. The fourth-order valence-electron chi connectivity index (χ4n) is 1.29. The monoisotopic (exact) mass is 182 g/mol. The molecule has 0 aromatic carbocycles. The molecule has 1 heterocycles. The molecule has 0 amide bonds. The summed E-state index contributed by atoms with van der Waals surface area (Å²) in [5.74, 6) is 0.205. The van der Waals surface area contributed by atoms with E-state index in [4.69, 9.17) is 5.11 Å². The van der Waals surface area contributed by atoms with Crippen molar-refractivity contribution in [1.82, 2.24) is 4.98 Å². The smallest absolute Gasteiger partial charge is 0.165 e. The molecule has 2 rings (SSSR count). The van der Waals surface area contributed by atoms with Crippen molar-refractivity contribution < 1.29 is 9.50 Å². The normalized spacial score (nSPS) is 25.7. The summed E-state index contributed by atoms with van der Waals surface area (Å²) in [6, 6.07) is 3.11. The van der Waals surface area contributed by atoms with Crippen LogP contribution in [0.4, 0.5) is 10.2 Å². The number of aliphatic hydroxyl groups excluding tert-OH is 1. The Morgan fingerprint density at radius 1 is 1.69 bits per heavy atom. The molecular formula is C9H11FN2O. The lowest BCUT2D eigenvalue weighted by Gasteiger charge is -2.04. The highest BCUT2D eigenvalue weighted by atomic mass is 19.1. The van der Waals surface area contributed by atoms with Crippen molar-refractivity contribution in [3.8, 4) is 0 Å². The zero-order chi connectivity index (χ0) is 9.26. The van der Waals surface area contributed by atoms with Crippen LogP contribution in [-0.2, 0) is 0 Å². The number of aliphatic hydroxyl groups is 1. The minimum absolute atomic E-state index is 0.159. The Kier molecular flexibility index (Phi) is 2.14. The summed E-state index contributed by atoms with van der Waals surface area (Å²) in [6.45, 7) is 0.159. The molecule has 0 aliphatic heterocycles. The van der Waals surface area contributed by atoms with Gasteiger partial charge < -0.3 is 10.4 Å². The minimum atomic E-state index is -0.342. The molecule has 13 heavy (non-hydrogen) atoms. The van der Waals surface area contributed by atoms with Crippen molar-refractivity contribution in [1.29, 1.82) is 0 Å². The van der Waals surface area contributed by atoms with Crippen molar-refractivity contribution in [2.24, 2.45) is 5.92 Å². The molecule has 3 nitrogen and oxygen atoms in total. The predicted octanol–water partition coefficient (Wildman–Crippen LogP) is 1.01. The Morgan fingerprint density at radius 3 is 3.15 bits per heavy atom. The van der Waals surface area contributed by atoms with Gasteiger partial charge in [-0.05, 0) is 18.6 Å². The summed E-state index contributed by atoms with van der Waals surface area (Å²) in [6.07, 6.45) is 2.44. The van der Waals surface area contributed by atoms with E-state index in [9.17, 15) is 4.39 Å². The van der Waals surface area contributed by atoms with Crippen LogP contribution < -0.4 is 5.32 Å². The van der Waals surface area contributed by atoms with E-state index in [1.807, 2.05) is 0 Å². The van der Waals surface area contributed by atoms with Crippen LogP contribution in [0.5, 0.6) is 0 Å². The second kappa shape index (κ2) is 3.30. The molecule has 1 saturated carbocycles. The molecular weight excluding hydrogens is 171 g/mol. The first-order valence-corrected chi connectivity index (χ1v) is 4.29. The number of rotatable bonds is 3. The van der Waals surface area contributed by atoms with Crippen molar-refractivity contribution in [3.63, 3.8) is 0 Å². The molecule has 4 heteroatoms. The second-order valence-electron chi connectivity index (χ2n) is 3.26. The van der Waals surface area contributed by atoms with Gasteiger partial charge in [0.05, 0.1) is 0 Å². The number of nitrogens with zero attached hydrogens (tertiary/aromatic N) is 1. The zero-order valence-corrected chi connectivity index (χ0v) is 7.07. The van der Waals surface area contributed by atoms with E-state index < -0.39 is 0 Å². The van der Waals surface area contributed by atoms with Crippen LogP contribution in [0.25, 0.3) is 0 Å². The number of hydrogen-bond acceptors (Lipinski definition) is 3. The Balaban J connectivity index is 1.99. The molecule has 1 aromatic rings. The van der Waals surface area contributed by atoms with Gasteiger partial charge in [-0.15, -0.1) is 0 Å². The highest BCUT2D eigenvalue weighted by Crippen LogP contribution is 2.32. The lowest BCUT2D eigenvalue weighted by molar-refractivity contribution is 0.275. The van der Waals surface area contributed by atoms with Crippen LogP contribution in [0.1, 0.15) is 6.42 Å². The maximum atomic E-state index is 13.0. The van der Waals surface area contributed by atoms with Gasteiger partial charge in [-0.2, -0.15) is 0 Å². The highest BCUT2D eigenvalue weighted by molar-refractivity contribution is 5.38. The molecule has 70 valence electrons. The number of halogens is 1. The number of anilines is 1. The summed E-state index contributed by atoms with van der Waals surface area (Å²) in [5.41, 5.74) is 0. The van der Waals surface area contributed by atoms with Crippen LogP contribution in [0.2, 0.25) is 0 Å². The first-order valence-electron chi connectivity index (χ1n) is 4.29. The van der Waals surface area contributed by atoms with Crippen LogP contribution >= 0.6 is 0 Å². The van der Waals surface area contributed by atoms with Crippen LogP contribution in [0.15, 0.2) is 18.3 Å². The zero-order valence-electron chi connectivity index (χ0n) is 7.07. The minimum Gasteiger partial charge on any atom is -0.396 e. The second-order valence-corrected chi connectivity index (χ2v) is 3.26. The van der Waals surface area contributed by atoms with Crippen LogP contribution in [-0.4, -0.2) is 22.7 Å². The number of pyridine rings is 1. The summed E-state index contributed by atoms with van der Waals surface area (Å²) in [7, 11) is 0. The lowest BCUT2D eigenvalue weighted by Crippen LogP contribution is -2.09. The van der Waals surface area contributed by atoms with Gasteiger partial charge in [-0.1, -0.05) is 0 Å². The Bertz CT molecular complexity index is 305. The van der Waals surface area contributed by atoms with Crippen molar-refractivity contribution in [2.75, 3.05) is 11.9 Å². The molecule has 0 bridgehead atoms. The topological polar surface area (TPSA) is 45.1 Å². The van der Waals surface area contributed by atoms with Gasteiger partial charge in [0.2, 0.25) is 0 Å². The average molecular weight is 182 g/mol. The Morgan fingerprint density at radius 2 is 2.54 bits per heavy atom. The molecule has 2 N–H and O–H groups in total. The third-order valence-electron chi connectivity index (χ3n) is 2.24. The Hall–Kier alpha value is -1.16. The van der Waals surface area contributed by atoms with Crippen LogP contribution in [0, 0.1) is 11.7 Å². The molecule has 0 radical (unpaired) electrons. The van der Waals surface area contributed by atoms with Gasteiger partial charge in [0, 0.05) is 24.8 Å². The standard InChI is InChI=1S/C9H11FN2O/c10-7-2-1-3-11-9(7)12-8-4-6(8)5-13/h1-3,6,8,13H,4-5H2,(H,11,12)/t6-,8+/m0/s1. The van der Waals surface area contributed by atoms with E-state index in [1.165, 1.54) is 6.07 Å². The fourth-order valence-corrected chi connectivity index (χ4v) is 1.29. The van der Waals surface area contributed by atoms with E-state index in [2.05, 4.69) is 10.3 Å². The molecule has 1 aliphatic rings. The first-order chi connectivity index (χ1) is 6.31. The first kappa shape index (κ1) is 8.44. The van der Waals surface area contributed by atoms with Gasteiger partial charge in [0.15, 0.2) is 11.6 Å². The molecule has 0 spiro atoms. The summed E-state index contributed by atoms with van der Waals surface area (Å²) in [5, 5.41) is 11.7. The average Bonchev–Trinajstić information content (AvgIpc) is 2.88. The van der Waals surface area contributed by atoms with Gasteiger partial charge >= 0.3 is 0 Å². The van der Waals surface area contributed by atoms with Gasteiger partial charge in [-0.25, -0.2) is 9.37 Å². The Labute approximate surface area is 75.6 Å².